The fourth-order valence-corrected chi connectivity index (χ4v) is 1.95. The van der Waals surface area contributed by atoms with E-state index in [0.29, 0.717) is 6.54 Å². The summed E-state index contributed by atoms with van der Waals surface area (Å²) in [6, 6.07) is 13.2. The van der Waals surface area contributed by atoms with Crippen molar-refractivity contribution in [2.24, 2.45) is 0 Å². The summed E-state index contributed by atoms with van der Waals surface area (Å²) in [4.78, 5) is 12.0. The molecule has 0 saturated carbocycles. The average molecular weight is 259 g/mol. The molecular formula is C15H17NO3. The normalized spacial score (nSPS) is 10.9. The van der Waals surface area contributed by atoms with Gasteiger partial charge in [-0.05, 0) is 11.6 Å². The van der Waals surface area contributed by atoms with Gasteiger partial charge < -0.3 is 14.0 Å². The molecule has 0 amide bonds. The van der Waals surface area contributed by atoms with E-state index in [1.165, 1.54) is 0 Å². The Bertz CT molecular complexity index is 573. The zero-order valence-corrected chi connectivity index (χ0v) is 11.1. The van der Waals surface area contributed by atoms with Crippen molar-refractivity contribution < 1.29 is 9.47 Å². The van der Waals surface area contributed by atoms with Gasteiger partial charge in [-0.15, -0.1) is 0 Å². The molecule has 0 N–H and O–H groups in total. The van der Waals surface area contributed by atoms with Crippen LogP contribution in [0.4, 0.5) is 0 Å². The van der Waals surface area contributed by atoms with E-state index < -0.39 is 6.29 Å². The maximum Gasteiger partial charge on any atom is 0.251 e. The van der Waals surface area contributed by atoms with Crippen molar-refractivity contribution >= 4 is 0 Å². The number of nitrogens with zero attached hydrogens (tertiary/aromatic N) is 1. The van der Waals surface area contributed by atoms with E-state index in [4.69, 9.17) is 9.47 Å². The van der Waals surface area contributed by atoms with Crippen molar-refractivity contribution in [3.63, 3.8) is 0 Å². The molecule has 100 valence electrons. The van der Waals surface area contributed by atoms with Crippen LogP contribution in [-0.2, 0) is 16.0 Å². The molecule has 0 saturated heterocycles. The molecule has 0 spiro atoms. The van der Waals surface area contributed by atoms with Crippen molar-refractivity contribution in [3.05, 3.63) is 70.1 Å². The average Bonchev–Trinajstić information content (AvgIpc) is 2.44. The molecule has 2 rings (SSSR count). The van der Waals surface area contributed by atoms with Crippen LogP contribution >= 0.6 is 0 Å². The maximum atomic E-state index is 12.0. The first-order valence-electron chi connectivity index (χ1n) is 6.04. The molecule has 0 radical (unpaired) electrons. The Morgan fingerprint density at radius 3 is 2.37 bits per heavy atom. The Morgan fingerprint density at radius 1 is 1.11 bits per heavy atom. The molecule has 0 fully saturated rings. The lowest BCUT2D eigenvalue weighted by Crippen LogP contribution is -2.21. The van der Waals surface area contributed by atoms with E-state index in [1.54, 1.807) is 31.0 Å². The molecule has 1 heterocycles. The number of methoxy groups -OCH3 is 2. The molecule has 0 aliphatic rings. The lowest BCUT2D eigenvalue weighted by Gasteiger charge is -2.14. The predicted molar refractivity (Wildman–Crippen MR) is 73.0 cm³/mol. The topological polar surface area (TPSA) is 40.5 Å². The van der Waals surface area contributed by atoms with Gasteiger partial charge in [-0.2, -0.15) is 0 Å². The van der Waals surface area contributed by atoms with Crippen LogP contribution in [0, 0.1) is 0 Å². The van der Waals surface area contributed by atoms with Crippen molar-refractivity contribution in [2.45, 2.75) is 12.8 Å². The van der Waals surface area contributed by atoms with E-state index in [9.17, 15) is 4.79 Å². The molecule has 0 unspecified atom stereocenters. The van der Waals surface area contributed by atoms with Gasteiger partial charge in [0.15, 0.2) is 6.29 Å². The summed E-state index contributed by atoms with van der Waals surface area (Å²) < 4.78 is 11.9. The quantitative estimate of drug-likeness (QED) is 0.773. The molecular weight excluding hydrogens is 242 g/mol. The van der Waals surface area contributed by atoms with Gasteiger partial charge in [-0.25, -0.2) is 0 Å². The standard InChI is InChI=1S/C15H17NO3/c1-18-15(19-2)13-8-9-16(14(17)10-13)11-12-6-4-3-5-7-12/h3-10,15H,11H2,1-2H3. The van der Waals surface area contributed by atoms with Gasteiger partial charge in [-0.3, -0.25) is 4.79 Å². The van der Waals surface area contributed by atoms with E-state index in [2.05, 4.69) is 0 Å². The lowest BCUT2D eigenvalue weighted by atomic mass is 10.2. The van der Waals surface area contributed by atoms with Crippen LogP contribution in [0.5, 0.6) is 0 Å². The number of aromatic nitrogens is 1. The third kappa shape index (κ3) is 3.30. The number of hydrogen-bond donors (Lipinski definition) is 0. The summed E-state index contributed by atoms with van der Waals surface area (Å²) in [6.45, 7) is 0.560. The lowest BCUT2D eigenvalue weighted by molar-refractivity contribution is -0.106. The summed E-state index contributed by atoms with van der Waals surface area (Å²) in [5.41, 5.74) is 1.74. The molecule has 19 heavy (non-hydrogen) atoms. The van der Waals surface area contributed by atoms with Crippen LogP contribution < -0.4 is 5.56 Å². The molecule has 0 atom stereocenters. The van der Waals surface area contributed by atoms with Gasteiger partial charge >= 0.3 is 0 Å². The van der Waals surface area contributed by atoms with Crippen molar-refractivity contribution in [1.29, 1.82) is 0 Å². The summed E-state index contributed by atoms with van der Waals surface area (Å²) in [5.74, 6) is 0. The molecule has 0 aliphatic carbocycles. The first-order chi connectivity index (χ1) is 9.24. The summed E-state index contributed by atoms with van der Waals surface area (Å²) in [6.07, 6.45) is 1.26. The second kappa shape index (κ2) is 6.31. The highest BCUT2D eigenvalue weighted by Gasteiger charge is 2.10. The van der Waals surface area contributed by atoms with E-state index in [-0.39, 0.29) is 5.56 Å². The Hall–Kier alpha value is -1.91. The predicted octanol–water partition coefficient (Wildman–Crippen LogP) is 2.19. The van der Waals surface area contributed by atoms with E-state index >= 15 is 0 Å². The second-order valence-corrected chi connectivity index (χ2v) is 4.22. The largest absolute Gasteiger partial charge is 0.352 e. The molecule has 2 aromatic rings. The van der Waals surface area contributed by atoms with Crippen molar-refractivity contribution in [3.8, 4) is 0 Å². The van der Waals surface area contributed by atoms with Crippen LogP contribution in [0.1, 0.15) is 17.4 Å². The third-order valence-electron chi connectivity index (χ3n) is 2.92. The van der Waals surface area contributed by atoms with E-state index in [0.717, 1.165) is 11.1 Å². The number of benzene rings is 1. The minimum atomic E-state index is -0.501. The van der Waals surface area contributed by atoms with Gasteiger partial charge in [0.1, 0.15) is 0 Å². The monoisotopic (exact) mass is 259 g/mol. The van der Waals surface area contributed by atoms with Crippen LogP contribution in [0.25, 0.3) is 0 Å². The molecule has 4 nitrogen and oxygen atoms in total. The minimum absolute atomic E-state index is 0.0690. The van der Waals surface area contributed by atoms with Crippen LogP contribution in [0.15, 0.2) is 53.5 Å². The molecule has 0 bridgehead atoms. The zero-order valence-electron chi connectivity index (χ0n) is 11.1. The van der Waals surface area contributed by atoms with Crippen LogP contribution in [0.3, 0.4) is 0 Å². The Kier molecular flexibility index (Phi) is 4.49. The first kappa shape index (κ1) is 13.5. The van der Waals surface area contributed by atoms with E-state index in [1.807, 2.05) is 36.4 Å². The third-order valence-corrected chi connectivity index (χ3v) is 2.92. The number of rotatable bonds is 5. The summed E-state index contributed by atoms with van der Waals surface area (Å²) in [7, 11) is 3.09. The number of pyridine rings is 1. The van der Waals surface area contributed by atoms with Crippen molar-refractivity contribution in [1.82, 2.24) is 4.57 Å². The summed E-state index contributed by atoms with van der Waals surface area (Å²) >= 11 is 0. The van der Waals surface area contributed by atoms with Crippen LogP contribution in [-0.4, -0.2) is 18.8 Å². The van der Waals surface area contributed by atoms with Gasteiger partial charge in [0.25, 0.3) is 5.56 Å². The number of hydrogen-bond acceptors (Lipinski definition) is 3. The Balaban J connectivity index is 2.23. The molecule has 4 heteroatoms. The summed E-state index contributed by atoms with van der Waals surface area (Å²) in [5, 5.41) is 0. The molecule has 0 aliphatic heterocycles. The Morgan fingerprint density at radius 2 is 1.79 bits per heavy atom. The highest BCUT2D eigenvalue weighted by Crippen LogP contribution is 2.14. The van der Waals surface area contributed by atoms with Gasteiger partial charge in [0.2, 0.25) is 0 Å². The molecule has 1 aromatic heterocycles. The second-order valence-electron chi connectivity index (χ2n) is 4.22. The van der Waals surface area contributed by atoms with Crippen LogP contribution in [0.2, 0.25) is 0 Å². The minimum Gasteiger partial charge on any atom is -0.352 e. The van der Waals surface area contributed by atoms with Gasteiger partial charge in [-0.1, -0.05) is 30.3 Å². The SMILES string of the molecule is COC(OC)c1ccn(Cc2ccccc2)c(=O)c1. The van der Waals surface area contributed by atoms with Gasteiger partial charge in [0, 0.05) is 32.0 Å². The highest BCUT2D eigenvalue weighted by molar-refractivity contribution is 5.17. The first-order valence-corrected chi connectivity index (χ1v) is 6.04. The smallest absolute Gasteiger partial charge is 0.251 e. The fraction of sp³-hybridized carbons (Fsp3) is 0.267. The zero-order chi connectivity index (χ0) is 13.7. The Labute approximate surface area is 112 Å². The fourth-order valence-electron chi connectivity index (χ4n) is 1.95. The highest BCUT2D eigenvalue weighted by atomic mass is 16.7. The van der Waals surface area contributed by atoms with Gasteiger partial charge in [0.05, 0.1) is 6.54 Å². The van der Waals surface area contributed by atoms with Crippen molar-refractivity contribution in [2.75, 3.05) is 14.2 Å². The molecule has 1 aromatic carbocycles. The maximum absolute atomic E-state index is 12.0. The number of ether oxygens (including phenoxy) is 2.